The van der Waals surface area contributed by atoms with Crippen molar-refractivity contribution in [3.05, 3.63) is 24.3 Å². The summed E-state index contributed by atoms with van der Waals surface area (Å²) in [6.45, 7) is 2.76. The summed E-state index contributed by atoms with van der Waals surface area (Å²) in [4.78, 5) is 24.8. The Morgan fingerprint density at radius 1 is 1.38 bits per heavy atom. The second-order valence-corrected chi connectivity index (χ2v) is 5.27. The van der Waals surface area contributed by atoms with Crippen molar-refractivity contribution in [1.82, 2.24) is 4.90 Å². The van der Waals surface area contributed by atoms with Crippen LogP contribution in [0.3, 0.4) is 0 Å². The number of methoxy groups -OCH3 is 1. The normalized spacial score (nSPS) is 21.1. The van der Waals surface area contributed by atoms with Gasteiger partial charge in [-0.1, -0.05) is 19.1 Å². The lowest BCUT2D eigenvalue weighted by Gasteiger charge is -2.17. The maximum Gasteiger partial charge on any atom is 0.308 e. The highest BCUT2D eigenvalue weighted by Crippen LogP contribution is 2.25. The predicted molar refractivity (Wildman–Crippen MR) is 78.4 cm³/mol. The van der Waals surface area contributed by atoms with Crippen molar-refractivity contribution in [1.29, 1.82) is 0 Å². The second kappa shape index (κ2) is 6.47. The first-order chi connectivity index (χ1) is 10.0. The van der Waals surface area contributed by atoms with Crippen LogP contribution in [0.15, 0.2) is 24.3 Å². The van der Waals surface area contributed by atoms with Crippen molar-refractivity contribution in [2.45, 2.75) is 6.92 Å². The first-order valence-electron chi connectivity index (χ1n) is 6.90. The summed E-state index contributed by atoms with van der Waals surface area (Å²) in [7, 11) is 1.57. The molecule has 6 nitrogen and oxygen atoms in total. The minimum absolute atomic E-state index is 0.0160. The number of anilines is 1. The zero-order valence-electron chi connectivity index (χ0n) is 12.2. The Kier molecular flexibility index (Phi) is 4.67. The van der Waals surface area contributed by atoms with Gasteiger partial charge in [0.1, 0.15) is 5.75 Å². The number of ether oxygens (including phenoxy) is 1. The van der Waals surface area contributed by atoms with Crippen molar-refractivity contribution in [2.75, 3.05) is 32.1 Å². The van der Waals surface area contributed by atoms with Crippen molar-refractivity contribution in [3.63, 3.8) is 0 Å². The van der Waals surface area contributed by atoms with Crippen LogP contribution in [-0.4, -0.2) is 48.6 Å². The van der Waals surface area contributed by atoms with E-state index in [0.717, 1.165) is 5.69 Å². The van der Waals surface area contributed by atoms with Gasteiger partial charge >= 0.3 is 5.97 Å². The Bertz CT molecular complexity index is 532. The number of carbonyl (C=O) groups excluding carboxylic acids is 1. The molecule has 114 valence electrons. The summed E-state index contributed by atoms with van der Waals surface area (Å²) in [6.07, 6.45) is 0. The van der Waals surface area contributed by atoms with E-state index in [1.807, 2.05) is 31.2 Å². The fourth-order valence-corrected chi connectivity index (χ4v) is 2.57. The van der Waals surface area contributed by atoms with Crippen molar-refractivity contribution in [2.24, 2.45) is 11.8 Å². The molecule has 1 aliphatic heterocycles. The van der Waals surface area contributed by atoms with Crippen LogP contribution in [0.2, 0.25) is 0 Å². The molecular formula is C15H20N2O4. The third-order valence-electron chi connectivity index (χ3n) is 3.82. The van der Waals surface area contributed by atoms with Crippen LogP contribution in [0.5, 0.6) is 5.75 Å². The fourth-order valence-electron chi connectivity index (χ4n) is 2.57. The number of carbonyl (C=O) groups is 2. The Hall–Kier alpha value is -2.24. The lowest BCUT2D eigenvalue weighted by Crippen LogP contribution is -2.34. The van der Waals surface area contributed by atoms with E-state index in [0.29, 0.717) is 12.3 Å². The summed E-state index contributed by atoms with van der Waals surface area (Å²) in [6, 6.07) is 7.35. The quantitative estimate of drug-likeness (QED) is 0.855. The molecule has 1 aromatic carbocycles. The molecule has 0 saturated carbocycles. The topological polar surface area (TPSA) is 78.9 Å². The largest absolute Gasteiger partial charge is 0.495 e. The number of aliphatic carboxylic acids is 1. The maximum absolute atomic E-state index is 12.2. The Morgan fingerprint density at radius 3 is 2.71 bits per heavy atom. The molecule has 0 aliphatic carbocycles. The average molecular weight is 292 g/mol. The Morgan fingerprint density at radius 2 is 2.10 bits per heavy atom. The number of likely N-dealkylation sites (tertiary alicyclic amines) is 1. The average Bonchev–Trinajstić information content (AvgIpc) is 2.87. The minimum atomic E-state index is -0.838. The van der Waals surface area contributed by atoms with Gasteiger partial charge in [-0.2, -0.15) is 0 Å². The van der Waals surface area contributed by atoms with Gasteiger partial charge in [0.15, 0.2) is 0 Å². The smallest absolute Gasteiger partial charge is 0.308 e. The van der Waals surface area contributed by atoms with Gasteiger partial charge in [-0.15, -0.1) is 0 Å². The monoisotopic (exact) mass is 292 g/mol. The standard InChI is InChI=1S/C15H20N2O4/c1-10-8-17(9-11(10)15(19)20)14(18)7-16-12-5-3-4-6-13(12)21-2/h3-6,10-11,16H,7-9H2,1-2H3,(H,19,20)/t10-,11-/m1/s1. The molecule has 1 fully saturated rings. The molecule has 1 saturated heterocycles. The summed E-state index contributed by atoms with van der Waals surface area (Å²) in [5.41, 5.74) is 0.746. The predicted octanol–water partition coefficient (Wildman–Crippen LogP) is 1.29. The van der Waals surface area contributed by atoms with Crippen LogP contribution in [0, 0.1) is 11.8 Å². The summed E-state index contributed by atoms with van der Waals surface area (Å²) >= 11 is 0. The van der Waals surface area contributed by atoms with Gasteiger partial charge in [0, 0.05) is 13.1 Å². The second-order valence-electron chi connectivity index (χ2n) is 5.27. The van der Waals surface area contributed by atoms with Gasteiger partial charge < -0.3 is 20.1 Å². The highest BCUT2D eigenvalue weighted by Gasteiger charge is 2.36. The number of hydrogen-bond donors (Lipinski definition) is 2. The molecule has 21 heavy (non-hydrogen) atoms. The van der Waals surface area contributed by atoms with Crippen LogP contribution < -0.4 is 10.1 Å². The molecule has 0 unspecified atom stereocenters. The number of carboxylic acid groups (broad SMARTS) is 1. The van der Waals surface area contributed by atoms with E-state index < -0.39 is 11.9 Å². The zero-order valence-corrected chi connectivity index (χ0v) is 12.2. The minimum Gasteiger partial charge on any atom is -0.495 e. The molecular weight excluding hydrogens is 272 g/mol. The van der Waals surface area contributed by atoms with E-state index in [2.05, 4.69) is 5.32 Å². The first-order valence-corrected chi connectivity index (χ1v) is 6.90. The highest BCUT2D eigenvalue weighted by atomic mass is 16.5. The van der Waals surface area contributed by atoms with Crippen molar-refractivity contribution >= 4 is 17.6 Å². The van der Waals surface area contributed by atoms with Crippen molar-refractivity contribution < 1.29 is 19.4 Å². The molecule has 6 heteroatoms. The molecule has 1 amide bonds. The Labute approximate surface area is 123 Å². The lowest BCUT2D eigenvalue weighted by atomic mass is 9.99. The lowest BCUT2D eigenvalue weighted by molar-refractivity contribution is -0.142. The van der Waals surface area contributed by atoms with E-state index >= 15 is 0 Å². The Balaban J connectivity index is 1.92. The molecule has 2 N–H and O–H groups in total. The molecule has 1 aliphatic rings. The summed E-state index contributed by atoms with van der Waals surface area (Å²) in [5, 5.41) is 12.1. The number of nitrogens with one attached hydrogen (secondary N) is 1. The number of nitrogens with zero attached hydrogens (tertiary/aromatic N) is 1. The third kappa shape index (κ3) is 3.45. The molecule has 1 heterocycles. The number of carboxylic acids is 1. The van der Waals surface area contributed by atoms with Gasteiger partial charge in [0.05, 0.1) is 25.3 Å². The molecule has 0 bridgehead atoms. The van der Waals surface area contributed by atoms with Gasteiger partial charge in [0.25, 0.3) is 0 Å². The van der Waals surface area contributed by atoms with Crippen LogP contribution in [0.1, 0.15) is 6.92 Å². The fraction of sp³-hybridized carbons (Fsp3) is 0.467. The van der Waals surface area contributed by atoms with E-state index in [9.17, 15) is 9.59 Å². The zero-order chi connectivity index (χ0) is 15.4. The van der Waals surface area contributed by atoms with Gasteiger partial charge in [-0.25, -0.2) is 0 Å². The number of para-hydroxylation sites is 2. The number of rotatable bonds is 5. The van der Waals surface area contributed by atoms with Crippen LogP contribution in [-0.2, 0) is 9.59 Å². The molecule has 0 spiro atoms. The SMILES string of the molecule is COc1ccccc1NCC(=O)N1C[C@@H](C)[C@H](C(=O)O)C1. The number of benzene rings is 1. The summed E-state index contributed by atoms with van der Waals surface area (Å²) < 4.78 is 5.20. The molecule has 2 rings (SSSR count). The highest BCUT2D eigenvalue weighted by molar-refractivity contribution is 5.83. The van der Waals surface area contributed by atoms with Crippen molar-refractivity contribution in [3.8, 4) is 5.75 Å². The van der Waals surface area contributed by atoms with E-state index in [1.165, 1.54) is 0 Å². The van der Waals surface area contributed by atoms with Gasteiger partial charge in [-0.05, 0) is 18.1 Å². The van der Waals surface area contributed by atoms with Crippen LogP contribution in [0.4, 0.5) is 5.69 Å². The van der Waals surface area contributed by atoms with Crippen LogP contribution >= 0.6 is 0 Å². The number of amides is 1. The molecule has 0 radical (unpaired) electrons. The molecule has 2 atom stereocenters. The third-order valence-corrected chi connectivity index (χ3v) is 3.82. The molecule has 0 aromatic heterocycles. The number of hydrogen-bond acceptors (Lipinski definition) is 4. The summed E-state index contributed by atoms with van der Waals surface area (Å²) in [5.74, 6) is -0.756. The van der Waals surface area contributed by atoms with E-state index in [-0.39, 0.29) is 24.9 Å². The maximum atomic E-state index is 12.2. The van der Waals surface area contributed by atoms with Gasteiger partial charge in [0.2, 0.25) is 5.91 Å². The molecule has 1 aromatic rings. The van der Waals surface area contributed by atoms with E-state index in [4.69, 9.17) is 9.84 Å². The van der Waals surface area contributed by atoms with Crippen LogP contribution in [0.25, 0.3) is 0 Å². The van der Waals surface area contributed by atoms with E-state index in [1.54, 1.807) is 12.0 Å². The first kappa shape index (κ1) is 15.2. The van der Waals surface area contributed by atoms with Gasteiger partial charge in [-0.3, -0.25) is 9.59 Å².